The highest BCUT2D eigenvalue weighted by Crippen LogP contribution is 2.14. The summed E-state index contributed by atoms with van der Waals surface area (Å²) in [7, 11) is 0. The van der Waals surface area contributed by atoms with Crippen LogP contribution >= 0.6 is 0 Å². The standard InChI is InChI=1S/C24H46N6O8/c1-22(2,3)36-19(33)29-14-15(31)13-28-17(32)16(25)11-10-12-27-18(26)30(20(34)37-23(4,5)6)21(35)38-24(7,8)9/h15-16,31H,10-14,25H2,1-9H3,(H2,26,27)(H,28,32)(H,29,33)/t15?,16-/m0/s1. The van der Waals surface area contributed by atoms with Crippen LogP contribution in [-0.4, -0.2) is 88.7 Å². The van der Waals surface area contributed by atoms with Crippen molar-refractivity contribution in [2.75, 3.05) is 19.6 Å². The van der Waals surface area contributed by atoms with E-state index in [0.29, 0.717) is 11.3 Å². The van der Waals surface area contributed by atoms with Crippen molar-refractivity contribution in [3.63, 3.8) is 0 Å². The number of alkyl carbamates (subject to hydrolysis) is 1. The molecular weight excluding hydrogens is 500 g/mol. The number of hydrogen-bond donors (Lipinski definition) is 6. The highest BCUT2D eigenvalue weighted by Gasteiger charge is 2.34. The molecule has 0 saturated carbocycles. The number of nitrogens with one attached hydrogen (secondary N) is 4. The molecule has 0 rings (SSSR count). The monoisotopic (exact) mass is 546 g/mol. The zero-order valence-corrected chi connectivity index (χ0v) is 24.0. The summed E-state index contributed by atoms with van der Waals surface area (Å²) in [6.07, 6.45) is -3.35. The van der Waals surface area contributed by atoms with E-state index in [1.165, 1.54) is 0 Å². The number of carbonyl (C=O) groups excluding carboxylic acids is 4. The average molecular weight is 547 g/mol. The normalized spacial score (nSPS) is 13.4. The summed E-state index contributed by atoms with van der Waals surface area (Å²) in [6.45, 7) is 14.7. The van der Waals surface area contributed by atoms with Crippen molar-refractivity contribution < 1.29 is 38.5 Å². The lowest BCUT2D eigenvalue weighted by atomic mass is 10.1. The van der Waals surface area contributed by atoms with Crippen molar-refractivity contribution in [2.24, 2.45) is 5.73 Å². The van der Waals surface area contributed by atoms with Gasteiger partial charge in [-0.1, -0.05) is 0 Å². The molecule has 0 spiro atoms. The van der Waals surface area contributed by atoms with Crippen LogP contribution in [0, 0.1) is 5.41 Å². The van der Waals surface area contributed by atoms with Crippen molar-refractivity contribution in [1.82, 2.24) is 20.9 Å². The fourth-order valence-electron chi connectivity index (χ4n) is 2.55. The minimum atomic E-state index is -1.07. The van der Waals surface area contributed by atoms with E-state index < -0.39 is 59.1 Å². The Morgan fingerprint density at radius 1 is 0.816 bits per heavy atom. The maximum absolute atomic E-state index is 12.5. The second-order valence-corrected chi connectivity index (χ2v) is 11.6. The lowest BCUT2D eigenvalue weighted by Crippen LogP contribution is -2.51. The number of guanidine groups is 1. The summed E-state index contributed by atoms with van der Waals surface area (Å²) in [6, 6.07) is -0.912. The number of ether oxygens (including phenoxy) is 3. The van der Waals surface area contributed by atoms with E-state index in [1.807, 2.05) is 0 Å². The van der Waals surface area contributed by atoms with Gasteiger partial charge in [-0.2, -0.15) is 0 Å². The molecule has 0 heterocycles. The summed E-state index contributed by atoms with van der Waals surface area (Å²) >= 11 is 0. The van der Waals surface area contributed by atoms with E-state index in [2.05, 4.69) is 16.0 Å². The Bertz CT molecular complexity index is 801. The molecular formula is C24H46N6O8. The molecule has 0 radical (unpaired) electrons. The number of amides is 4. The second kappa shape index (κ2) is 14.7. The number of hydrogen-bond acceptors (Lipinski definition) is 10. The van der Waals surface area contributed by atoms with E-state index in [9.17, 15) is 24.3 Å². The van der Waals surface area contributed by atoms with Gasteiger partial charge in [0.25, 0.3) is 0 Å². The molecule has 14 nitrogen and oxygen atoms in total. The van der Waals surface area contributed by atoms with E-state index in [-0.39, 0.29) is 26.1 Å². The third-order valence-electron chi connectivity index (χ3n) is 4.09. The van der Waals surface area contributed by atoms with E-state index in [4.69, 9.17) is 25.4 Å². The molecule has 2 atom stereocenters. The van der Waals surface area contributed by atoms with Gasteiger partial charge in [-0.25, -0.2) is 14.4 Å². The molecule has 0 aliphatic rings. The third kappa shape index (κ3) is 16.6. The number of aliphatic hydroxyl groups excluding tert-OH is 1. The van der Waals surface area contributed by atoms with Crippen molar-refractivity contribution in [3.05, 3.63) is 0 Å². The van der Waals surface area contributed by atoms with Crippen molar-refractivity contribution >= 4 is 30.1 Å². The maximum Gasteiger partial charge on any atom is 0.427 e. The Labute approximate surface area is 224 Å². The lowest BCUT2D eigenvalue weighted by molar-refractivity contribution is -0.122. The van der Waals surface area contributed by atoms with Gasteiger partial charge in [0.1, 0.15) is 16.8 Å². The van der Waals surface area contributed by atoms with Crippen LogP contribution in [-0.2, 0) is 19.0 Å². The van der Waals surface area contributed by atoms with Gasteiger partial charge in [0.15, 0.2) is 0 Å². The van der Waals surface area contributed by atoms with E-state index in [0.717, 1.165) is 0 Å². The molecule has 0 aromatic heterocycles. The zero-order chi connectivity index (χ0) is 29.9. The first kappa shape index (κ1) is 34.9. The molecule has 1 unspecified atom stereocenters. The first-order valence-corrected chi connectivity index (χ1v) is 12.4. The van der Waals surface area contributed by atoms with Gasteiger partial charge in [0.05, 0.1) is 12.1 Å². The van der Waals surface area contributed by atoms with Gasteiger partial charge >= 0.3 is 18.3 Å². The topological polar surface area (TPSA) is 205 Å². The van der Waals surface area contributed by atoms with Crippen LogP contribution in [0.1, 0.15) is 75.2 Å². The highest BCUT2D eigenvalue weighted by atomic mass is 16.6. The zero-order valence-electron chi connectivity index (χ0n) is 24.0. The SMILES string of the molecule is CC(C)(C)OC(=O)NCC(O)CNC(=O)[C@@H](N)CCCNC(=N)N(C(=O)OC(C)(C)C)C(=O)OC(C)(C)C. The van der Waals surface area contributed by atoms with Crippen molar-refractivity contribution in [1.29, 1.82) is 5.41 Å². The number of imide groups is 1. The van der Waals surface area contributed by atoms with Gasteiger partial charge < -0.3 is 41.0 Å². The molecule has 0 aliphatic carbocycles. The first-order valence-electron chi connectivity index (χ1n) is 12.4. The van der Waals surface area contributed by atoms with Crippen LogP contribution in [0.5, 0.6) is 0 Å². The molecule has 0 bridgehead atoms. The average Bonchev–Trinajstić information content (AvgIpc) is 2.69. The number of nitrogens with two attached hydrogens (primary N) is 1. The summed E-state index contributed by atoms with van der Waals surface area (Å²) in [4.78, 5) is 49.3. The Morgan fingerprint density at radius 3 is 1.71 bits per heavy atom. The molecule has 38 heavy (non-hydrogen) atoms. The van der Waals surface area contributed by atoms with Crippen LogP contribution in [0.25, 0.3) is 0 Å². The lowest BCUT2D eigenvalue weighted by Gasteiger charge is -2.28. The molecule has 0 aromatic rings. The largest absolute Gasteiger partial charge is 0.444 e. The quantitative estimate of drug-likeness (QED) is 0.107. The number of rotatable bonds is 9. The summed E-state index contributed by atoms with van der Waals surface area (Å²) in [5, 5.41) is 25.6. The summed E-state index contributed by atoms with van der Waals surface area (Å²) in [5.41, 5.74) is 3.40. The van der Waals surface area contributed by atoms with Crippen LogP contribution < -0.4 is 21.7 Å². The first-order chi connectivity index (χ1) is 17.1. The molecule has 0 aromatic carbocycles. The molecule has 14 heteroatoms. The van der Waals surface area contributed by atoms with Gasteiger partial charge in [-0.3, -0.25) is 10.2 Å². The second-order valence-electron chi connectivity index (χ2n) is 11.6. The van der Waals surface area contributed by atoms with Gasteiger partial charge in [0, 0.05) is 19.6 Å². The molecule has 220 valence electrons. The molecule has 7 N–H and O–H groups in total. The predicted molar refractivity (Wildman–Crippen MR) is 140 cm³/mol. The number of aliphatic hydroxyl groups is 1. The minimum absolute atomic E-state index is 0.115. The summed E-state index contributed by atoms with van der Waals surface area (Å²) in [5.74, 6) is -1.06. The Balaban J connectivity index is 4.65. The van der Waals surface area contributed by atoms with Crippen LogP contribution in [0.2, 0.25) is 0 Å². The molecule has 4 amide bonds. The Kier molecular flexibility index (Phi) is 13.5. The van der Waals surface area contributed by atoms with Crippen LogP contribution in [0.4, 0.5) is 14.4 Å². The molecule has 0 saturated heterocycles. The smallest absolute Gasteiger partial charge is 0.427 e. The van der Waals surface area contributed by atoms with E-state index in [1.54, 1.807) is 62.3 Å². The summed E-state index contributed by atoms with van der Waals surface area (Å²) < 4.78 is 15.5. The van der Waals surface area contributed by atoms with Gasteiger partial charge in [0.2, 0.25) is 11.9 Å². The van der Waals surface area contributed by atoms with Gasteiger partial charge in [-0.15, -0.1) is 4.90 Å². The Hall–Kier alpha value is -3.13. The number of carbonyl (C=O) groups is 4. The minimum Gasteiger partial charge on any atom is -0.444 e. The van der Waals surface area contributed by atoms with Crippen molar-refractivity contribution in [2.45, 2.75) is 104 Å². The van der Waals surface area contributed by atoms with Crippen LogP contribution in [0.3, 0.4) is 0 Å². The molecule has 0 fully saturated rings. The fourth-order valence-corrected chi connectivity index (χ4v) is 2.55. The van der Waals surface area contributed by atoms with Crippen molar-refractivity contribution in [3.8, 4) is 0 Å². The highest BCUT2D eigenvalue weighted by molar-refractivity contribution is 6.06. The molecule has 0 aliphatic heterocycles. The maximum atomic E-state index is 12.5. The fraction of sp³-hybridized carbons (Fsp3) is 0.792. The predicted octanol–water partition coefficient (Wildman–Crippen LogP) is 1.79. The number of nitrogens with zero attached hydrogens (tertiary/aromatic N) is 1. The third-order valence-corrected chi connectivity index (χ3v) is 4.09. The van der Waals surface area contributed by atoms with Crippen LogP contribution in [0.15, 0.2) is 0 Å². The van der Waals surface area contributed by atoms with Gasteiger partial charge in [-0.05, 0) is 75.2 Å². The Morgan fingerprint density at radius 2 is 1.26 bits per heavy atom. The van der Waals surface area contributed by atoms with E-state index >= 15 is 0 Å².